The third kappa shape index (κ3) is 5.09. The van der Waals surface area contributed by atoms with Crippen LogP contribution in [-0.4, -0.2) is 12.3 Å². The Balaban J connectivity index is 2.30. The van der Waals surface area contributed by atoms with Gasteiger partial charge in [-0.15, -0.1) is 0 Å². The fourth-order valence-electron chi connectivity index (χ4n) is 3.23. The Hall–Kier alpha value is 0.310. The van der Waals surface area contributed by atoms with Crippen LogP contribution in [0.3, 0.4) is 0 Å². The molecule has 1 rings (SSSR count). The lowest BCUT2D eigenvalue weighted by molar-refractivity contribution is 0.285. The summed E-state index contributed by atoms with van der Waals surface area (Å²) in [6.07, 6.45) is 11.1. The van der Waals surface area contributed by atoms with E-state index in [9.17, 15) is 0 Å². The molecule has 0 amide bonds. The van der Waals surface area contributed by atoms with E-state index in [1.807, 2.05) is 0 Å². The van der Waals surface area contributed by atoms with Crippen molar-refractivity contribution in [3.8, 4) is 0 Å². The van der Waals surface area contributed by atoms with E-state index < -0.39 is 0 Å². The van der Waals surface area contributed by atoms with Gasteiger partial charge in [0.2, 0.25) is 0 Å². The SMILES string of the molecule is CC1CC(CCN)CCCC1CCCCS. The van der Waals surface area contributed by atoms with E-state index in [0.717, 1.165) is 30.1 Å². The molecule has 1 aliphatic rings. The minimum atomic E-state index is 0.877. The second-order valence-electron chi connectivity index (χ2n) is 5.57. The van der Waals surface area contributed by atoms with E-state index in [2.05, 4.69) is 19.6 Å². The Morgan fingerprint density at radius 2 is 2.00 bits per heavy atom. The van der Waals surface area contributed by atoms with E-state index in [0.29, 0.717) is 0 Å². The zero-order valence-corrected chi connectivity index (χ0v) is 11.7. The topological polar surface area (TPSA) is 26.0 Å². The lowest BCUT2D eigenvalue weighted by Crippen LogP contribution is -2.14. The van der Waals surface area contributed by atoms with Crippen LogP contribution in [0.1, 0.15) is 58.3 Å². The molecule has 0 aromatic rings. The van der Waals surface area contributed by atoms with Gasteiger partial charge in [0.15, 0.2) is 0 Å². The minimum absolute atomic E-state index is 0.877. The van der Waals surface area contributed by atoms with Gasteiger partial charge in [0.25, 0.3) is 0 Å². The van der Waals surface area contributed by atoms with Gasteiger partial charge in [0, 0.05) is 0 Å². The number of hydrogen-bond donors (Lipinski definition) is 2. The Kier molecular flexibility index (Phi) is 7.55. The summed E-state index contributed by atoms with van der Waals surface area (Å²) in [7, 11) is 0. The van der Waals surface area contributed by atoms with Crippen molar-refractivity contribution in [3.63, 3.8) is 0 Å². The molecule has 1 nitrogen and oxygen atoms in total. The zero-order valence-electron chi connectivity index (χ0n) is 10.8. The molecular formula is C14H29NS. The average molecular weight is 243 g/mol. The Labute approximate surface area is 107 Å². The highest BCUT2D eigenvalue weighted by atomic mass is 32.1. The first-order chi connectivity index (χ1) is 7.77. The molecule has 0 radical (unpaired) electrons. The molecule has 0 heterocycles. The fraction of sp³-hybridized carbons (Fsp3) is 1.00. The second-order valence-corrected chi connectivity index (χ2v) is 6.01. The quantitative estimate of drug-likeness (QED) is 0.413. The van der Waals surface area contributed by atoms with Crippen LogP contribution in [0, 0.1) is 17.8 Å². The molecule has 0 aliphatic heterocycles. The maximum Gasteiger partial charge on any atom is -0.00746 e. The van der Waals surface area contributed by atoms with Gasteiger partial charge in [-0.05, 0) is 49.3 Å². The van der Waals surface area contributed by atoms with Crippen LogP contribution in [0.2, 0.25) is 0 Å². The van der Waals surface area contributed by atoms with Gasteiger partial charge >= 0.3 is 0 Å². The summed E-state index contributed by atoms with van der Waals surface area (Å²) in [5.74, 6) is 3.85. The van der Waals surface area contributed by atoms with E-state index in [4.69, 9.17) is 5.73 Å². The first kappa shape index (κ1) is 14.4. The highest BCUT2D eigenvalue weighted by Gasteiger charge is 2.24. The molecular weight excluding hydrogens is 214 g/mol. The van der Waals surface area contributed by atoms with Crippen LogP contribution in [-0.2, 0) is 0 Å². The first-order valence-electron chi connectivity index (χ1n) is 7.08. The van der Waals surface area contributed by atoms with Crippen LogP contribution < -0.4 is 5.73 Å². The largest absolute Gasteiger partial charge is 0.330 e. The summed E-state index contributed by atoms with van der Waals surface area (Å²) in [4.78, 5) is 0. The summed E-state index contributed by atoms with van der Waals surface area (Å²) < 4.78 is 0. The number of thiol groups is 1. The number of nitrogens with two attached hydrogens (primary N) is 1. The highest BCUT2D eigenvalue weighted by molar-refractivity contribution is 7.80. The predicted octanol–water partition coefficient (Wildman–Crippen LogP) is 3.88. The molecule has 3 atom stereocenters. The van der Waals surface area contributed by atoms with Crippen LogP contribution in [0.4, 0.5) is 0 Å². The van der Waals surface area contributed by atoms with Crippen LogP contribution in [0.25, 0.3) is 0 Å². The van der Waals surface area contributed by atoms with Crippen LogP contribution >= 0.6 is 12.6 Å². The third-order valence-corrected chi connectivity index (χ3v) is 4.57. The standard InChI is InChI=1S/C14H29NS/c1-12-11-13(8-9-15)5-4-7-14(12)6-2-3-10-16/h12-14,16H,2-11,15H2,1H3. The molecule has 3 unspecified atom stereocenters. The van der Waals surface area contributed by atoms with Crippen LogP contribution in [0.5, 0.6) is 0 Å². The molecule has 16 heavy (non-hydrogen) atoms. The smallest absolute Gasteiger partial charge is 0.00746 e. The van der Waals surface area contributed by atoms with Crippen molar-refractivity contribution in [2.45, 2.75) is 58.3 Å². The fourth-order valence-corrected chi connectivity index (χ4v) is 3.46. The Morgan fingerprint density at radius 1 is 1.19 bits per heavy atom. The van der Waals surface area contributed by atoms with Crippen molar-refractivity contribution < 1.29 is 0 Å². The van der Waals surface area contributed by atoms with Crippen molar-refractivity contribution in [2.75, 3.05) is 12.3 Å². The maximum absolute atomic E-state index is 5.68. The van der Waals surface area contributed by atoms with Crippen molar-refractivity contribution in [2.24, 2.45) is 23.5 Å². The van der Waals surface area contributed by atoms with E-state index in [1.165, 1.54) is 51.4 Å². The van der Waals surface area contributed by atoms with Crippen molar-refractivity contribution in [3.05, 3.63) is 0 Å². The normalized spacial score (nSPS) is 31.3. The molecule has 2 N–H and O–H groups in total. The monoisotopic (exact) mass is 243 g/mol. The van der Waals surface area contributed by atoms with Crippen molar-refractivity contribution in [1.29, 1.82) is 0 Å². The Bertz CT molecular complexity index is 172. The number of rotatable bonds is 6. The summed E-state index contributed by atoms with van der Waals surface area (Å²) in [6, 6.07) is 0. The van der Waals surface area contributed by atoms with E-state index in [-0.39, 0.29) is 0 Å². The first-order valence-corrected chi connectivity index (χ1v) is 7.72. The number of hydrogen-bond acceptors (Lipinski definition) is 2. The van der Waals surface area contributed by atoms with E-state index in [1.54, 1.807) is 0 Å². The van der Waals surface area contributed by atoms with Gasteiger partial charge < -0.3 is 5.73 Å². The second kappa shape index (κ2) is 8.41. The van der Waals surface area contributed by atoms with Gasteiger partial charge in [-0.3, -0.25) is 0 Å². The van der Waals surface area contributed by atoms with Crippen LogP contribution in [0.15, 0.2) is 0 Å². The summed E-state index contributed by atoms with van der Waals surface area (Å²) in [5, 5.41) is 0. The van der Waals surface area contributed by atoms with Crippen molar-refractivity contribution >= 4 is 12.6 Å². The molecule has 0 spiro atoms. The molecule has 1 saturated carbocycles. The zero-order chi connectivity index (χ0) is 11.8. The van der Waals surface area contributed by atoms with Crippen molar-refractivity contribution in [1.82, 2.24) is 0 Å². The lowest BCUT2D eigenvalue weighted by atomic mass is 9.83. The highest BCUT2D eigenvalue weighted by Crippen LogP contribution is 2.35. The number of unbranched alkanes of at least 4 members (excludes halogenated alkanes) is 1. The molecule has 1 aliphatic carbocycles. The maximum atomic E-state index is 5.68. The average Bonchev–Trinajstić information content (AvgIpc) is 2.42. The molecule has 96 valence electrons. The third-order valence-electron chi connectivity index (χ3n) is 4.26. The van der Waals surface area contributed by atoms with Gasteiger partial charge in [-0.1, -0.05) is 39.0 Å². The molecule has 2 heteroatoms. The minimum Gasteiger partial charge on any atom is -0.330 e. The predicted molar refractivity (Wildman–Crippen MR) is 76.0 cm³/mol. The molecule has 1 fully saturated rings. The summed E-state index contributed by atoms with van der Waals surface area (Å²) >= 11 is 4.29. The van der Waals surface area contributed by atoms with Gasteiger partial charge in [0.1, 0.15) is 0 Å². The lowest BCUT2D eigenvalue weighted by Gasteiger charge is -2.23. The Morgan fingerprint density at radius 3 is 2.69 bits per heavy atom. The molecule has 0 aromatic carbocycles. The summed E-state index contributed by atoms with van der Waals surface area (Å²) in [6.45, 7) is 3.34. The molecule has 0 bridgehead atoms. The van der Waals surface area contributed by atoms with E-state index >= 15 is 0 Å². The van der Waals surface area contributed by atoms with Gasteiger partial charge in [-0.25, -0.2) is 0 Å². The molecule has 0 aromatic heterocycles. The molecule has 0 saturated heterocycles. The van der Waals surface area contributed by atoms with Gasteiger partial charge in [0.05, 0.1) is 0 Å². The van der Waals surface area contributed by atoms with Gasteiger partial charge in [-0.2, -0.15) is 12.6 Å². The summed E-state index contributed by atoms with van der Waals surface area (Å²) in [5.41, 5.74) is 5.68.